The third-order valence-electron chi connectivity index (χ3n) is 7.43. The van der Waals surface area contributed by atoms with Crippen molar-refractivity contribution in [3.05, 3.63) is 0 Å². The molecule has 4 rings (SSSR count). The van der Waals surface area contributed by atoms with Gasteiger partial charge in [-0.15, -0.1) is 0 Å². The maximum atomic E-state index is 11.1. The predicted molar refractivity (Wildman–Crippen MR) is 82.0 cm³/mol. The third kappa shape index (κ3) is 1.78. The van der Waals surface area contributed by atoms with Gasteiger partial charge in [-0.25, -0.2) is 0 Å². The van der Waals surface area contributed by atoms with Crippen LogP contribution < -0.4 is 0 Å². The molecule has 4 fully saturated rings. The molecule has 0 amide bonds. The molecular formula is C18H30O4. The van der Waals surface area contributed by atoms with E-state index in [2.05, 4.69) is 13.8 Å². The number of hydrogen-bond donors (Lipinski definition) is 2. The lowest BCUT2D eigenvalue weighted by Crippen LogP contribution is -2.45. The lowest BCUT2D eigenvalue weighted by molar-refractivity contribution is -0.181. The summed E-state index contributed by atoms with van der Waals surface area (Å²) in [5.41, 5.74) is -0.673. The highest BCUT2D eigenvalue weighted by molar-refractivity contribution is 5.20. The smallest absolute Gasteiger partial charge is 0.163 e. The van der Waals surface area contributed by atoms with Gasteiger partial charge in [0.25, 0.3) is 0 Å². The molecule has 0 radical (unpaired) electrons. The van der Waals surface area contributed by atoms with Gasteiger partial charge in [-0.05, 0) is 62.7 Å². The molecule has 0 bridgehead atoms. The van der Waals surface area contributed by atoms with E-state index in [-0.39, 0.29) is 30.1 Å². The zero-order valence-corrected chi connectivity index (χ0v) is 14.4. The van der Waals surface area contributed by atoms with E-state index < -0.39 is 11.4 Å². The summed E-state index contributed by atoms with van der Waals surface area (Å²) in [6.07, 6.45) is 1.85. The van der Waals surface area contributed by atoms with Crippen molar-refractivity contribution in [2.24, 2.45) is 35.0 Å². The molecule has 0 aromatic rings. The summed E-state index contributed by atoms with van der Waals surface area (Å²) >= 11 is 0. The Hall–Kier alpha value is -0.160. The van der Waals surface area contributed by atoms with Gasteiger partial charge < -0.3 is 19.7 Å². The maximum Gasteiger partial charge on any atom is 0.163 e. The molecule has 1 aliphatic heterocycles. The first-order valence-corrected chi connectivity index (χ1v) is 8.81. The Morgan fingerprint density at radius 3 is 2.32 bits per heavy atom. The minimum Gasteiger partial charge on any atom is -0.396 e. The Labute approximate surface area is 133 Å². The number of rotatable bonds is 1. The molecule has 1 saturated heterocycles. The first kappa shape index (κ1) is 15.4. The molecule has 9 atom stereocenters. The number of hydrogen-bond acceptors (Lipinski definition) is 4. The topological polar surface area (TPSA) is 58.9 Å². The van der Waals surface area contributed by atoms with Crippen LogP contribution in [-0.4, -0.2) is 40.4 Å². The largest absolute Gasteiger partial charge is 0.396 e. The fraction of sp³-hybridized carbons (Fsp3) is 1.00. The Bertz CT molecular complexity index is 487. The molecule has 4 aliphatic rings. The second-order valence-corrected chi connectivity index (χ2v) is 9.22. The summed E-state index contributed by atoms with van der Waals surface area (Å²) in [5.74, 6) is 1.33. The van der Waals surface area contributed by atoms with Crippen LogP contribution in [0.2, 0.25) is 0 Å². The van der Waals surface area contributed by atoms with Crippen molar-refractivity contribution in [3.63, 3.8) is 0 Å². The van der Waals surface area contributed by atoms with Crippen LogP contribution in [0.25, 0.3) is 0 Å². The zero-order valence-electron chi connectivity index (χ0n) is 14.4. The van der Waals surface area contributed by atoms with E-state index in [1.807, 2.05) is 20.8 Å². The van der Waals surface area contributed by atoms with Gasteiger partial charge in [-0.3, -0.25) is 0 Å². The van der Waals surface area contributed by atoms with Crippen molar-refractivity contribution in [1.29, 1.82) is 0 Å². The molecule has 2 N–H and O–H groups in total. The number of fused-ring (bicyclic) bond motifs is 5. The summed E-state index contributed by atoms with van der Waals surface area (Å²) < 4.78 is 12.4. The molecule has 126 valence electrons. The zero-order chi connectivity index (χ0) is 16.1. The SMILES string of the molecule is C[C@@H]1[C@H]2OC(C)(C)O[C@H]2[C@H]2[C@@H]1[C@H]1[C@@H](CC[C@@]2(C)O)[C@]1(C)CO. The van der Waals surface area contributed by atoms with Crippen molar-refractivity contribution < 1.29 is 19.7 Å². The molecule has 4 nitrogen and oxygen atoms in total. The van der Waals surface area contributed by atoms with Crippen molar-refractivity contribution in [1.82, 2.24) is 0 Å². The molecule has 3 saturated carbocycles. The van der Waals surface area contributed by atoms with Gasteiger partial charge in [0.05, 0.1) is 17.8 Å². The van der Waals surface area contributed by atoms with Crippen LogP contribution in [-0.2, 0) is 9.47 Å². The fourth-order valence-electron chi connectivity index (χ4n) is 6.34. The van der Waals surface area contributed by atoms with Crippen molar-refractivity contribution in [2.45, 2.75) is 71.1 Å². The van der Waals surface area contributed by atoms with Gasteiger partial charge >= 0.3 is 0 Å². The number of aliphatic hydroxyl groups is 2. The summed E-state index contributed by atoms with van der Waals surface area (Å²) in [6, 6.07) is 0. The highest BCUT2D eigenvalue weighted by atomic mass is 16.8. The monoisotopic (exact) mass is 310 g/mol. The minimum absolute atomic E-state index is 0.0210. The summed E-state index contributed by atoms with van der Waals surface area (Å²) in [5, 5.41) is 21.0. The second-order valence-electron chi connectivity index (χ2n) is 9.22. The molecule has 22 heavy (non-hydrogen) atoms. The van der Waals surface area contributed by atoms with Gasteiger partial charge in [-0.1, -0.05) is 13.8 Å². The predicted octanol–water partition coefficient (Wildman–Crippen LogP) is 2.18. The first-order valence-electron chi connectivity index (χ1n) is 8.81. The van der Waals surface area contributed by atoms with Crippen LogP contribution in [0.3, 0.4) is 0 Å². The van der Waals surface area contributed by atoms with E-state index in [0.29, 0.717) is 23.7 Å². The standard InChI is InChI=1S/C18H30O4/c1-9-11-12-10(17(12,4)8-19)6-7-18(5,20)13(11)15-14(9)21-16(2,3)22-15/h9-15,19-20H,6-8H2,1-5H3/t9-,10+,11-,12+,13+,14+,15-,17-,18+/m0/s1. The Morgan fingerprint density at radius 2 is 1.68 bits per heavy atom. The molecule has 4 heteroatoms. The van der Waals surface area contributed by atoms with Gasteiger partial charge in [0.15, 0.2) is 5.79 Å². The average Bonchev–Trinajstić information content (AvgIpc) is 2.79. The Kier molecular flexibility index (Phi) is 2.98. The average molecular weight is 310 g/mol. The van der Waals surface area contributed by atoms with Gasteiger partial charge in [-0.2, -0.15) is 0 Å². The van der Waals surface area contributed by atoms with E-state index in [4.69, 9.17) is 9.47 Å². The normalized spacial score (nSPS) is 62.0. The Balaban J connectivity index is 1.73. The van der Waals surface area contributed by atoms with Crippen molar-refractivity contribution in [2.75, 3.05) is 6.61 Å². The molecule has 0 spiro atoms. The van der Waals surface area contributed by atoms with E-state index in [0.717, 1.165) is 12.8 Å². The molecule has 1 heterocycles. The van der Waals surface area contributed by atoms with Crippen LogP contribution in [0.4, 0.5) is 0 Å². The molecule has 0 aromatic carbocycles. The highest BCUT2D eigenvalue weighted by Gasteiger charge is 2.73. The maximum absolute atomic E-state index is 11.1. The first-order chi connectivity index (χ1) is 10.1. The van der Waals surface area contributed by atoms with Gasteiger partial charge in [0.1, 0.15) is 0 Å². The number of aliphatic hydroxyl groups excluding tert-OH is 1. The van der Waals surface area contributed by atoms with E-state index in [1.54, 1.807) is 0 Å². The number of ether oxygens (including phenoxy) is 2. The summed E-state index contributed by atoms with van der Waals surface area (Å²) in [7, 11) is 0. The molecular weight excluding hydrogens is 280 g/mol. The van der Waals surface area contributed by atoms with Crippen LogP contribution in [0.1, 0.15) is 47.5 Å². The highest BCUT2D eigenvalue weighted by Crippen LogP contribution is 2.72. The van der Waals surface area contributed by atoms with Crippen molar-refractivity contribution >= 4 is 0 Å². The fourth-order valence-corrected chi connectivity index (χ4v) is 6.34. The third-order valence-corrected chi connectivity index (χ3v) is 7.43. The van der Waals surface area contributed by atoms with Crippen LogP contribution in [0.5, 0.6) is 0 Å². The van der Waals surface area contributed by atoms with Crippen LogP contribution in [0.15, 0.2) is 0 Å². The van der Waals surface area contributed by atoms with E-state index >= 15 is 0 Å². The van der Waals surface area contributed by atoms with Crippen LogP contribution >= 0.6 is 0 Å². The molecule has 0 aromatic heterocycles. The second kappa shape index (κ2) is 4.27. The van der Waals surface area contributed by atoms with Gasteiger partial charge in [0, 0.05) is 12.5 Å². The summed E-state index contributed by atoms with van der Waals surface area (Å²) in [4.78, 5) is 0. The van der Waals surface area contributed by atoms with Crippen LogP contribution in [0, 0.1) is 35.0 Å². The van der Waals surface area contributed by atoms with Crippen molar-refractivity contribution in [3.8, 4) is 0 Å². The lowest BCUT2D eigenvalue weighted by atomic mass is 9.73. The van der Waals surface area contributed by atoms with E-state index in [9.17, 15) is 10.2 Å². The molecule has 0 unspecified atom stereocenters. The molecule has 3 aliphatic carbocycles. The summed E-state index contributed by atoms with van der Waals surface area (Å²) in [6.45, 7) is 10.6. The quantitative estimate of drug-likeness (QED) is 0.779. The Morgan fingerprint density at radius 1 is 1.05 bits per heavy atom. The van der Waals surface area contributed by atoms with Gasteiger partial charge in [0.2, 0.25) is 0 Å². The van der Waals surface area contributed by atoms with E-state index in [1.165, 1.54) is 0 Å². The minimum atomic E-state index is -0.702. The lowest BCUT2D eigenvalue weighted by Gasteiger charge is -2.38.